The van der Waals surface area contributed by atoms with Crippen molar-refractivity contribution >= 4 is 0 Å². The first-order chi connectivity index (χ1) is 12.2. The van der Waals surface area contributed by atoms with Crippen molar-refractivity contribution in [2.24, 2.45) is 5.92 Å². The fourth-order valence-corrected chi connectivity index (χ4v) is 3.46. The first-order valence-electron chi connectivity index (χ1n) is 9.44. The summed E-state index contributed by atoms with van der Waals surface area (Å²) in [7, 11) is 0. The predicted octanol–water partition coefficient (Wildman–Crippen LogP) is 4.26. The quantitative estimate of drug-likeness (QED) is 0.816. The largest absolute Gasteiger partial charge is 0.489 e. The normalized spacial score (nSPS) is 16.8. The van der Waals surface area contributed by atoms with Crippen molar-refractivity contribution in [2.75, 3.05) is 26.2 Å². The van der Waals surface area contributed by atoms with Crippen molar-refractivity contribution in [1.29, 1.82) is 0 Å². The Balaban J connectivity index is 1.65. The monoisotopic (exact) mass is 338 g/mol. The van der Waals surface area contributed by atoms with Crippen molar-refractivity contribution < 1.29 is 4.74 Å². The summed E-state index contributed by atoms with van der Waals surface area (Å²) in [5.74, 6) is 1.63. The summed E-state index contributed by atoms with van der Waals surface area (Å²) in [5.41, 5.74) is 2.60. The van der Waals surface area contributed by atoms with Gasteiger partial charge in [0, 0.05) is 32.2 Å². The molecular formula is C22H30N2O. The average Bonchev–Trinajstić information content (AvgIpc) is 2.66. The van der Waals surface area contributed by atoms with E-state index >= 15 is 0 Å². The zero-order valence-electron chi connectivity index (χ0n) is 15.4. The zero-order chi connectivity index (χ0) is 17.5. The highest BCUT2D eigenvalue weighted by Gasteiger charge is 2.22. The maximum Gasteiger partial charge on any atom is 0.119 e. The van der Waals surface area contributed by atoms with Crippen molar-refractivity contribution in [1.82, 2.24) is 10.2 Å². The van der Waals surface area contributed by atoms with Gasteiger partial charge in [-0.15, -0.1) is 0 Å². The van der Waals surface area contributed by atoms with Gasteiger partial charge in [-0.1, -0.05) is 56.3 Å². The van der Waals surface area contributed by atoms with Gasteiger partial charge in [0.25, 0.3) is 0 Å². The lowest BCUT2D eigenvalue weighted by Crippen LogP contribution is -2.45. The van der Waals surface area contributed by atoms with E-state index in [4.69, 9.17) is 4.74 Å². The van der Waals surface area contributed by atoms with Gasteiger partial charge in [0.15, 0.2) is 0 Å². The molecule has 0 unspecified atom stereocenters. The van der Waals surface area contributed by atoms with E-state index in [1.165, 1.54) is 17.5 Å². The molecule has 2 aromatic rings. The molecule has 0 aromatic heterocycles. The van der Waals surface area contributed by atoms with E-state index in [2.05, 4.69) is 60.5 Å². The number of benzene rings is 2. The third-order valence-corrected chi connectivity index (χ3v) is 4.80. The summed E-state index contributed by atoms with van der Waals surface area (Å²) in [4.78, 5) is 2.62. The van der Waals surface area contributed by atoms with Crippen LogP contribution in [0.15, 0.2) is 54.6 Å². The van der Waals surface area contributed by atoms with Gasteiger partial charge in [0.05, 0.1) is 0 Å². The van der Waals surface area contributed by atoms with Crippen LogP contribution in [0.4, 0.5) is 0 Å². The molecule has 3 heteroatoms. The summed E-state index contributed by atoms with van der Waals surface area (Å²) >= 11 is 0. The number of nitrogens with one attached hydrogen (secondary N) is 1. The Bertz CT molecular complexity index is 618. The van der Waals surface area contributed by atoms with Crippen LogP contribution in [0.2, 0.25) is 0 Å². The third-order valence-electron chi connectivity index (χ3n) is 4.80. The Morgan fingerprint density at radius 3 is 2.28 bits per heavy atom. The number of nitrogens with zero attached hydrogens (tertiary/aromatic N) is 1. The summed E-state index contributed by atoms with van der Waals surface area (Å²) in [5, 5.41) is 3.45. The van der Waals surface area contributed by atoms with Gasteiger partial charge in [-0.25, -0.2) is 0 Å². The Kier molecular flexibility index (Phi) is 6.48. The molecule has 134 valence electrons. The van der Waals surface area contributed by atoms with E-state index in [1.807, 2.05) is 18.2 Å². The maximum atomic E-state index is 5.93. The van der Waals surface area contributed by atoms with E-state index < -0.39 is 0 Å². The molecule has 0 saturated carbocycles. The number of hydrogen-bond donors (Lipinski definition) is 1. The van der Waals surface area contributed by atoms with Gasteiger partial charge in [-0.05, 0) is 35.6 Å². The first-order valence-corrected chi connectivity index (χ1v) is 9.44. The topological polar surface area (TPSA) is 24.5 Å². The van der Waals surface area contributed by atoms with Crippen LogP contribution in [-0.4, -0.2) is 31.1 Å². The fourth-order valence-electron chi connectivity index (χ4n) is 3.46. The molecule has 2 aromatic carbocycles. The number of piperazine rings is 1. The fraction of sp³-hybridized carbons (Fsp3) is 0.455. The molecule has 0 amide bonds. The van der Waals surface area contributed by atoms with Crippen LogP contribution in [0, 0.1) is 5.92 Å². The second-order valence-electron chi connectivity index (χ2n) is 7.27. The average molecular weight is 338 g/mol. The van der Waals surface area contributed by atoms with E-state index in [1.54, 1.807) is 0 Å². The molecule has 0 aliphatic carbocycles. The molecule has 3 rings (SSSR count). The molecule has 3 nitrogen and oxygen atoms in total. The van der Waals surface area contributed by atoms with Crippen LogP contribution >= 0.6 is 0 Å². The maximum absolute atomic E-state index is 5.93. The van der Waals surface area contributed by atoms with Crippen LogP contribution < -0.4 is 10.1 Å². The lowest BCUT2D eigenvalue weighted by atomic mass is 9.95. The van der Waals surface area contributed by atoms with Crippen LogP contribution in [-0.2, 0) is 6.61 Å². The molecule has 1 fully saturated rings. The van der Waals surface area contributed by atoms with Gasteiger partial charge in [-0.2, -0.15) is 0 Å². The lowest BCUT2D eigenvalue weighted by molar-refractivity contribution is 0.154. The summed E-state index contributed by atoms with van der Waals surface area (Å²) in [6.07, 6.45) is 1.20. The van der Waals surface area contributed by atoms with Crippen molar-refractivity contribution in [2.45, 2.75) is 32.9 Å². The second kappa shape index (κ2) is 9.02. The molecule has 0 spiro atoms. The Labute approximate surface area is 152 Å². The molecular weight excluding hydrogens is 308 g/mol. The van der Waals surface area contributed by atoms with E-state index in [9.17, 15) is 0 Å². The van der Waals surface area contributed by atoms with E-state index in [-0.39, 0.29) is 0 Å². The molecule has 1 heterocycles. The summed E-state index contributed by atoms with van der Waals surface area (Å²) < 4.78 is 5.93. The SMILES string of the molecule is CC(C)C[C@@H](c1ccc(OCc2ccccc2)cc1)N1CCNCC1. The Morgan fingerprint density at radius 1 is 0.960 bits per heavy atom. The standard InChI is InChI=1S/C22H30N2O/c1-18(2)16-22(24-14-12-23-13-15-24)20-8-10-21(11-9-20)25-17-19-6-4-3-5-7-19/h3-11,18,22-23H,12-17H2,1-2H3/t22-/m0/s1. The Morgan fingerprint density at radius 2 is 1.64 bits per heavy atom. The molecule has 25 heavy (non-hydrogen) atoms. The van der Waals surface area contributed by atoms with Gasteiger partial charge < -0.3 is 10.1 Å². The lowest BCUT2D eigenvalue weighted by Gasteiger charge is -2.36. The van der Waals surface area contributed by atoms with Gasteiger partial charge in [0.2, 0.25) is 0 Å². The van der Waals surface area contributed by atoms with Crippen molar-refractivity contribution in [3.05, 3.63) is 65.7 Å². The number of ether oxygens (including phenoxy) is 1. The highest BCUT2D eigenvalue weighted by atomic mass is 16.5. The van der Waals surface area contributed by atoms with Crippen LogP contribution in [0.1, 0.15) is 37.4 Å². The molecule has 1 atom stereocenters. The minimum atomic E-state index is 0.505. The molecule has 0 bridgehead atoms. The molecule has 1 saturated heterocycles. The molecule has 1 aliphatic rings. The third kappa shape index (κ3) is 5.32. The van der Waals surface area contributed by atoms with Gasteiger partial charge in [0.1, 0.15) is 12.4 Å². The number of hydrogen-bond acceptors (Lipinski definition) is 3. The second-order valence-corrected chi connectivity index (χ2v) is 7.27. The van der Waals surface area contributed by atoms with Crippen molar-refractivity contribution in [3.63, 3.8) is 0 Å². The minimum absolute atomic E-state index is 0.505. The van der Waals surface area contributed by atoms with E-state index in [0.29, 0.717) is 18.6 Å². The summed E-state index contributed by atoms with van der Waals surface area (Å²) in [6.45, 7) is 9.68. The van der Waals surface area contributed by atoms with Gasteiger partial charge >= 0.3 is 0 Å². The smallest absolute Gasteiger partial charge is 0.119 e. The summed E-state index contributed by atoms with van der Waals surface area (Å²) in [6, 6.07) is 19.5. The van der Waals surface area contributed by atoms with Crippen LogP contribution in [0.25, 0.3) is 0 Å². The van der Waals surface area contributed by atoms with Crippen molar-refractivity contribution in [3.8, 4) is 5.75 Å². The van der Waals surface area contributed by atoms with Gasteiger partial charge in [-0.3, -0.25) is 4.90 Å². The highest BCUT2D eigenvalue weighted by Crippen LogP contribution is 2.29. The predicted molar refractivity (Wildman–Crippen MR) is 104 cm³/mol. The first kappa shape index (κ1) is 18.0. The molecule has 1 aliphatic heterocycles. The van der Waals surface area contributed by atoms with Crippen LogP contribution in [0.5, 0.6) is 5.75 Å². The highest BCUT2D eigenvalue weighted by molar-refractivity contribution is 5.30. The van der Waals surface area contributed by atoms with E-state index in [0.717, 1.165) is 31.9 Å². The van der Waals surface area contributed by atoms with Crippen LogP contribution in [0.3, 0.4) is 0 Å². The minimum Gasteiger partial charge on any atom is -0.489 e. The zero-order valence-corrected chi connectivity index (χ0v) is 15.4. The molecule has 1 N–H and O–H groups in total. The number of rotatable bonds is 7. The Hall–Kier alpha value is -1.84. The molecule has 0 radical (unpaired) electrons.